The number of hydrogen-bond acceptors (Lipinski definition) is 2. The monoisotopic (exact) mass is 236 g/mol. The molecule has 0 saturated carbocycles. The molecule has 0 rings (SSSR count). The van der Waals surface area contributed by atoms with Crippen molar-refractivity contribution in [3.8, 4) is 0 Å². The van der Waals surface area contributed by atoms with E-state index in [4.69, 9.17) is 4.89 Å². The summed E-state index contributed by atoms with van der Waals surface area (Å²) in [7, 11) is -2.68. The Balaban J connectivity index is -0.000000180. The van der Waals surface area contributed by atoms with Crippen LogP contribution in [-0.2, 0) is 9.09 Å². The van der Waals surface area contributed by atoms with Gasteiger partial charge in [-0.3, -0.25) is 4.57 Å². The Morgan fingerprint density at radius 2 is 2.00 bits per heavy atom. The zero-order valence-electron chi connectivity index (χ0n) is 3.56. The first kappa shape index (κ1) is 17.6. The van der Waals surface area contributed by atoms with E-state index < -0.39 is 8.25 Å². The van der Waals surface area contributed by atoms with E-state index in [0.29, 0.717) is 11.9 Å². The molecular weight excluding hydrogens is 229 g/mol. The molecule has 0 aromatic heterocycles. The minimum atomic E-state index is -2.68. The molecule has 0 aliphatic rings. The Hall–Kier alpha value is 2.63. The van der Waals surface area contributed by atoms with Gasteiger partial charge in [0.05, 0.1) is 6.61 Å². The molecule has 1 atom stereocenters. The number of hydrogen-bond donors (Lipinski definition) is 1. The van der Waals surface area contributed by atoms with Gasteiger partial charge in [0.1, 0.15) is 0 Å². The van der Waals surface area contributed by atoms with E-state index in [-0.39, 0.29) is 59.1 Å². The molecule has 1 N–H and O–H groups in total. The van der Waals surface area contributed by atoms with Crippen LogP contribution in [0.15, 0.2) is 0 Å². The van der Waals surface area contributed by atoms with E-state index in [1.807, 2.05) is 0 Å². The van der Waals surface area contributed by atoms with E-state index in [1.165, 1.54) is 0 Å². The third kappa shape index (κ3) is 18.0. The average molecular weight is 237 g/mol. The van der Waals surface area contributed by atoms with Gasteiger partial charge in [0.2, 0.25) is 0 Å². The zero-order valence-corrected chi connectivity index (χ0v) is 6.14. The van der Waals surface area contributed by atoms with Gasteiger partial charge >= 0.3 is 67.4 Å². The fourth-order valence-corrected chi connectivity index (χ4v) is 0.863. The molecule has 0 fully saturated rings. The molecule has 7 heteroatoms. The molecule has 0 heterocycles. The summed E-state index contributed by atoms with van der Waals surface area (Å²) in [6.07, 6.45) is 0. The Bertz CT molecular complexity index is 72.8. The van der Waals surface area contributed by atoms with Crippen molar-refractivity contribution >= 4 is 83.3 Å². The van der Waals surface area contributed by atoms with Crippen LogP contribution in [0.4, 0.5) is 0 Å². The van der Waals surface area contributed by atoms with Crippen LogP contribution in [0, 0.1) is 0 Å². The van der Waals surface area contributed by atoms with Gasteiger partial charge in [0.15, 0.2) is 0 Å². The first-order chi connectivity index (χ1) is 3.27. The second-order valence-corrected chi connectivity index (χ2v) is 2.42. The van der Waals surface area contributed by atoms with Crippen molar-refractivity contribution in [1.82, 2.24) is 0 Å². The summed E-state index contributed by atoms with van der Waals surface area (Å²) in [5.41, 5.74) is 0. The first-order valence-electron chi connectivity index (χ1n) is 1.69. The molecule has 0 aromatic rings. The van der Waals surface area contributed by atoms with Gasteiger partial charge < -0.3 is 9.42 Å². The van der Waals surface area contributed by atoms with Crippen LogP contribution >= 0.6 is 24.2 Å². The fraction of sp³-hybridized carbons (Fsp3) is 1.00. The molecule has 48 valence electrons. The quantitative estimate of drug-likeness (QED) is 0.408. The van der Waals surface area contributed by atoms with Crippen molar-refractivity contribution in [2.45, 2.75) is 0 Å². The molecule has 3 nitrogen and oxygen atoms in total. The van der Waals surface area contributed by atoms with Gasteiger partial charge in [-0.2, -0.15) is 0 Å². The van der Waals surface area contributed by atoms with Crippen molar-refractivity contribution in [3.05, 3.63) is 0 Å². The van der Waals surface area contributed by atoms with Gasteiger partial charge in [-0.25, -0.2) is 0 Å². The van der Waals surface area contributed by atoms with Crippen molar-refractivity contribution in [2.24, 2.45) is 0 Å². The second kappa shape index (κ2) is 13.2. The maximum absolute atomic E-state index is 9.70. The maximum atomic E-state index is 9.70. The molecular formula is C2H8BrNa2O3P. The summed E-state index contributed by atoms with van der Waals surface area (Å²) < 4.78 is 13.9. The van der Waals surface area contributed by atoms with Crippen molar-refractivity contribution in [1.29, 1.82) is 0 Å². The van der Waals surface area contributed by atoms with Crippen LogP contribution in [-0.4, -0.2) is 75.9 Å². The fourth-order valence-electron chi connectivity index (χ4n) is 0.126. The van der Waals surface area contributed by atoms with E-state index in [0.717, 1.165) is 0 Å². The third-order valence-electron chi connectivity index (χ3n) is 0.303. The van der Waals surface area contributed by atoms with Gasteiger partial charge in [-0.15, -0.1) is 0 Å². The standard InChI is InChI=1S/C2H6BrO3P.2Na.2H/c3-1-2-6-7(4)5;;;;/h7H,1-2H2,(H,4,5);;;;. The topological polar surface area (TPSA) is 46.5 Å². The third-order valence-corrected chi connectivity index (χ3v) is 1.08. The van der Waals surface area contributed by atoms with Crippen molar-refractivity contribution in [2.75, 3.05) is 11.9 Å². The number of alkyl halides is 1. The predicted octanol–water partition coefficient (Wildman–Crippen LogP) is -0.517. The molecule has 0 radical (unpaired) electrons. The van der Waals surface area contributed by atoms with E-state index in [1.54, 1.807) is 0 Å². The Morgan fingerprint density at radius 1 is 1.56 bits per heavy atom. The minimum absolute atomic E-state index is 0. The normalized spacial score (nSPS) is 10.9. The Labute approximate surface area is 108 Å². The van der Waals surface area contributed by atoms with Crippen LogP contribution in [0.5, 0.6) is 0 Å². The SMILES string of the molecule is O=[PH](O)OCCBr.[NaH].[NaH]. The molecule has 1 unspecified atom stereocenters. The van der Waals surface area contributed by atoms with Crippen LogP contribution in [0.25, 0.3) is 0 Å². The van der Waals surface area contributed by atoms with Gasteiger partial charge in [0.25, 0.3) is 0 Å². The Kier molecular flexibility index (Phi) is 26.0. The molecule has 0 aliphatic heterocycles. The zero-order chi connectivity index (χ0) is 5.70. The molecule has 0 amide bonds. The van der Waals surface area contributed by atoms with Gasteiger partial charge in [-0.05, 0) is 0 Å². The molecule has 0 aliphatic carbocycles. The number of rotatable bonds is 3. The Morgan fingerprint density at radius 3 is 2.11 bits per heavy atom. The summed E-state index contributed by atoms with van der Waals surface area (Å²) in [5, 5.41) is 0.601. The number of halogens is 1. The first-order valence-corrected chi connectivity index (χ1v) is 4.07. The second-order valence-electron chi connectivity index (χ2n) is 0.803. The van der Waals surface area contributed by atoms with Crippen molar-refractivity contribution < 1.29 is 14.0 Å². The van der Waals surface area contributed by atoms with Gasteiger partial charge in [0, 0.05) is 5.33 Å². The average Bonchev–Trinajstić information content (AvgIpc) is 1.61. The summed E-state index contributed by atoms with van der Waals surface area (Å²) in [6, 6.07) is 0. The molecule has 9 heavy (non-hydrogen) atoms. The van der Waals surface area contributed by atoms with Crippen LogP contribution in [0.3, 0.4) is 0 Å². The molecule has 0 aromatic carbocycles. The van der Waals surface area contributed by atoms with Crippen LogP contribution in [0.1, 0.15) is 0 Å². The molecule has 0 saturated heterocycles. The summed E-state index contributed by atoms with van der Waals surface area (Å²) in [5.74, 6) is 0. The molecule has 0 spiro atoms. The van der Waals surface area contributed by atoms with E-state index in [9.17, 15) is 4.57 Å². The van der Waals surface area contributed by atoms with E-state index in [2.05, 4.69) is 20.5 Å². The van der Waals surface area contributed by atoms with Gasteiger partial charge in [-0.1, -0.05) is 15.9 Å². The summed E-state index contributed by atoms with van der Waals surface area (Å²) in [6.45, 7) is 0.300. The van der Waals surface area contributed by atoms with Crippen LogP contribution < -0.4 is 0 Å². The van der Waals surface area contributed by atoms with E-state index >= 15 is 0 Å². The molecule has 0 bridgehead atoms. The predicted molar refractivity (Wildman–Crippen MR) is 45.3 cm³/mol. The van der Waals surface area contributed by atoms with Crippen molar-refractivity contribution in [3.63, 3.8) is 0 Å². The van der Waals surface area contributed by atoms with Crippen LogP contribution in [0.2, 0.25) is 0 Å². The summed E-state index contributed by atoms with van der Waals surface area (Å²) >= 11 is 3.02. The summed E-state index contributed by atoms with van der Waals surface area (Å²) in [4.78, 5) is 7.99.